The number of anilines is 1. The second kappa shape index (κ2) is 7.85. The summed E-state index contributed by atoms with van der Waals surface area (Å²) < 4.78 is 6.76. The number of aromatic nitrogens is 6. The SMILES string of the molecule is COc1cc(-c2cccc(C(=O)Nc3cn(C)nc3-c3cnccn3)n2)ccn1. The number of hydrogen-bond donors (Lipinski definition) is 1. The van der Waals surface area contributed by atoms with Crippen molar-refractivity contribution in [3.05, 3.63) is 67.0 Å². The van der Waals surface area contributed by atoms with Gasteiger partial charge in [-0.2, -0.15) is 5.10 Å². The van der Waals surface area contributed by atoms with Crippen molar-refractivity contribution in [2.24, 2.45) is 7.05 Å². The normalized spacial score (nSPS) is 10.6. The topological polar surface area (TPSA) is 108 Å². The summed E-state index contributed by atoms with van der Waals surface area (Å²) in [7, 11) is 3.32. The maximum absolute atomic E-state index is 12.8. The van der Waals surface area contributed by atoms with Gasteiger partial charge < -0.3 is 10.1 Å². The Kier molecular flexibility index (Phi) is 4.93. The summed E-state index contributed by atoms with van der Waals surface area (Å²) >= 11 is 0. The predicted octanol–water partition coefficient (Wildman–Crippen LogP) is 2.59. The van der Waals surface area contributed by atoms with Crippen LogP contribution in [0.3, 0.4) is 0 Å². The van der Waals surface area contributed by atoms with Crippen LogP contribution in [-0.4, -0.2) is 42.7 Å². The van der Waals surface area contributed by atoms with Crippen LogP contribution < -0.4 is 10.1 Å². The fraction of sp³-hybridized carbons (Fsp3) is 0.100. The molecule has 4 heterocycles. The minimum absolute atomic E-state index is 0.271. The molecule has 0 aliphatic rings. The number of ether oxygens (including phenoxy) is 1. The number of rotatable bonds is 5. The molecule has 0 fully saturated rings. The smallest absolute Gasteiger partial charge is 0.274 e. The third kappa shape index (κ3) is 3.93. The highest BCUT2D eigenvalue weighted by molar-refractivity contribution is 6.04. The van der Waals surface area contributed by atoms with Crippen LogP contribution in [0.5, 0.6) is 5.88 Å². The van der Waals surface area contributed by atoms with Gasteiger partial charge >= 0.3 is 0 Å². The van der Waals surface area contributed by atoms with E-state index in [1.54, 1.807) is 74.1 Å². The van der Waals surface area contributed by atoms with Crippen molar-refractivity contribution >= 4 is 11.6 Å². The van der Waals surface area contributed by atoms with E-state index < -0.39 is 0 Å². The molecule has 9 nitrogen and oxygen atoms in total. The van der Waals surface area contributed by atoms with E-state index in [2.05, 4.69) is 30.4 Å². The number of nitrogens with zero attached hydrogens (tertiary/aromatic N) is 6. The Labute approximate surface area is 166 Å². The van der Waals surface area contributed by atoms with Crippen LogP contribution in [0.15, 0.2) is 61.3 Å². The first-order valence-electron chi connectivity index (χ1n) is 8.73. The van der Waals surface area contributed by atoms with Crippen molar-refractivity contribution in [3.8, 4) is 28.5 Å². The van der Waals surface area contributed by atoms with E-state index in [4.69, 9.17) is 4.74 Å². The Morgan fingerprint density at radius 3 is 2.79 bits per heavy atom. The summed E-state index contributed by atoms with van der Waals surface area (Å²) in [6.07, 6.45) is 8.08. The zero-order valence-electron chi connectivity index (χ0n) is 15.8. The van der Waals surface area contributed by atoms with Crippen molar-refractivity contribution < 1.29 is 9.53 Å². The standard InChI is InChI=1S/C20H17N7O2/c1-27-12-17(19(26-27)16-11-21-8-9-22-16)25-20(28)15-5-3-4-14(24-15)13-6-7-23-18(10-13)29-2/h3-12H,1-2H3,(H,25,28). The van der Waals surface area contributed by atoms with E-state index in [-0.39, 0.29) is 11.6 Å². The van der Waals surface area contributed by atoms with Crippen LogP contribution >= 0.6 is 0 Å². The average Bonchev–Trinajstić information content (AvgIpc) is 3.14. The van der Waals surface area contributed by atoms with E-state index in [1.165, 1.54) is 0 Å². The Balaban J connectivity index is 1.62. The lowest BCUT2D eigenvalue weighted by Gasteiger charge is -2.07. The molecule has 0 spiro atoms. The van der Waals surface area contributed by atoms with Gasteiger partial charge in [0.25, 0.3) is 5.91 Å². The summed E-state index contributed by atoms with van der Waals surface area (Å²) in [6, 6.07) is 8.81. The van der Waals surface area contributed by atoms with Crippen LogP contribution in [-0.2, 0) is 7.05 Å². The van der Waals surface area contributed by atoms with E-state index in [9.17, 15) is 4.79 Å². The van der Waals surface area contributed by atoms with E-state index in [0.717, 1.165) is 5.56 Å². The molecule has 29 heavy (non-hydrogen) atoms. The molecular weight excluding hydrogens is 370 g/mol. The summed E-state index contributed by atoms with van der Waals surface area (Å²) in [4.78, 5) is 29.7. The van der Waals surface area contributed by atoms with Gasteiger partial charge in [0.05, 0.1) is 24.7 Å². The number of nitrogens with one attached hydrogen (secondary N) is 1. The molecule has 0 saturated carbocycles. The lowest BCUT2D eigenvalue weighted by atomic mass is 10.1. The van der Waals surface area contributed by atoms with Gasteiger partial charge in [-0.3, -0.25) is 19.4 Å². The molecule has 0 unspecified atom stereocenters. The highest BCUT2D eigenvalue weighted by Crippen LogP contribution is 2.25. The number of amides is 1. The van der Waals surface area contributed by atoms with E-state index in [1.807, 2.05) is 6.07 Å². The first kappa shape index (κ1) is 18.2. The third-order valence-electron chi connectivity index (χ3n) is 4.10. The number of pyridine rings is 2. The number of carbonyl (C=O) groups excluding carboxylic acids is 1. The highest BCUT2D eigenvalue weighted by atomic mass is 16.5. The van der Waals surface area contributed by atoms with E-state index >= 15 is 0 Å². The Hall–Kier alpha value is -4.14. The second-order valence-corrected chi connectivity index (χ2v) is 6.10. The Morgan fingerprint density at radius 2 is 2.00 bits per heavy atom. The zero-order valence-corrected chi connectivity index (χ0v) is 15.8. The molecule has 0 bridgehead atoms. The fourth-order valence-corrected chi connectivity index (χ4v) is 2.78. The largest absolute Gasteiger partial charge is 0.481 e. The lowest BCUT2D eigenvalue weighted by molar-refractivity contribution is 0.102. The quantitative estimate of drug-likeness (QED) is 0.561. The van der Waals surface area contributed by atoms with Crippen molar-refractivity contribution in [1.82, 2.24) is 29.7 Å². The fourth-order valence-electron chi connectivity index (χ4n) is 2.78. The molecule has 0 aliphatic carbocycles. The zero-order chi connectivity index (χ0) is 20.2. The molecule has 4 aromatic rings. The first-order chi connectivity index (χ1) is 14.1. The predicted molar refractivity (Wildman–Crippen MR) is 106 cm³/mol. The van der Waals surface area contributed by atoms with Gasteiger partial charge in [-0.05, 0) is 18.2 Å². The molecule has 9 heteroatoms. The minimum Gasteiger partial charge on any atom is -0.481 e. The molecule has 0 saturated heterocycles. The van der Waals surface area contributed by atoms with Gasteiger partial charge in [-0.15, -0.1) is 0 Å². The van der Waals surface area contributed by atoms with Crippen molar-refractivity contribution in [2.45, 2.75) is 0 Å². The van der Waals surface area contributed by atoms with Crippen molar-refractivity contribution in [1.29, 1.82) is 0 Å². The van der Waals surface area contributed by atoms with Crippen LogP contribution in [0.2, 0.25) is 0 Å². The van der Waals surface area contributed by atoms with Crippen LogP contribution in [0.1, 0.15) is 10.5 Å². The Morgan fingerprint density at radius 1 is 1.10 bits per heavy atom. The second-order valence-electron chi connectivity index (χ2n) is 6.10. The first-order valence-corrected chi connectivity index (χ1v) is 8.73. The lowest BCUT2D eigenvalue weighted by Crippen LogP contribution is -2.14. The number of hydrogen-bond acceptors (Lipinski definition) is 7. The number of methoxy groups -OCH3 is 1. The summed E-state index contributed by atoms with van der Waals surface area (Å²) in [5, 5.41) is 7.23. The molecule has 0 radical (unpaired) electrons. The molecule has 4 aromatic heterocycles. The maximum atomic E-state index is 12.8. The summed E-state index contributed by atoms with van der Waals surface area (Å²) in [5.74, 6) is 0.120. The maximum Gasteiger partial charge on any atom is 0.274 e. The molecule has 0 atom stereocenters. The number of aryl methyl sites for hydroxylation is 1. The highest BCUT2D eigenvalue weighted by Gasteiger charge is 2.16. The molecule has 1 N–H and O–H groups in total. The van der Waals surface area contributed by atoms with Gasteiger partial charge in [0.1, 0.15) is 17.1 Å². The van der Waals surface area contributed by atoms with Crippen LogP contribution in [0.25, 0.3) is 22.6 Å². The molecule has 0 aromatic carbocycles. The van der Waals surface area contributed by atoms with Gasteiger partial charge in [0, 0.05) is 43.5 Å². The minimum atomic E-state index is -0.356. The molecule has 4 rings (SSSR count). The average molecular weight is 387 g/mol. The summed E-state index contributed by atoms with van der Waals surface area (Å²) in [6.45, 7) is 0. The van der Waals surface area contributed by atoms with Crippen LogP contribution in [0, 0.1) is 0 Å². The van der Waals surface area contributed by atoms with Gasteiger partial charge in [-0.25, -0.2) is 9.97 Å². The van der Waals surface area contributed by atoms with Gasteiger partial charge in [0.2, 0.25) is 5.88 Å². The molecule has 0 aliphatic heterocycles. The Bertz CT molecular complexity index is 1160. The molecule has 1 amide bonds. The summed E-state index contributed by atoms with van der Waals surface area (Å²) in [5.41, 5.74) is 3.33. The van der Waals surface area contributed by atoms with Crippen LogP contribution in [0.4, 0.5) is 5.69 Å². The van der Waals surface area contributed by atoms with Gasteiger partial charge in [-0.1, -0.05) is 6.07 Å². The molecular formula is C20H17N7O2. The number of carbonyl (C=O) groups is 1. The van der Waals surface area contributed by atoms with E-state index in [0.29, 0.717) is 28.6 Å². The van der Waals surface area contributed by atoms with Crippen molar-refractivity contribution in [3.63, 3.8) is 0 Å². The third-order valence-corrected chi connectivity index (χ3v) is 4.10. The van der Waals surface area contributed by atoms with Crippen molar-refractivity contribution in [2.75, 3.05) is 12.4 Å². The molecule has 144 valence electrons. The monoisotopic (exact) mass is 387 g/mol. The van der Waals surface area contributed by atoms with Gasteiger partial charge in [0.15, 0.2) is 0 Å².